The Balaban J connectivity index is 2.15. The van der Waals surface area contributed by atoms with Gasteiger partial charge in [-0.25, -0.2) is 4.79 Å². The summed E-state index contributed by atoms with van der Waals surface area (Å²) in [4.78, 5) is 18.6. The van der Waals surface area contributed by atoms with Crippen molar-refractivity contribution in [1.29, 1.82) is 0 Å². The van der Waals surface area contributed by atoms with E-state index < -0.39 is 0 Å². The van der Waals surface area contributed by atoms with Crippen LogP contribution in [0.25, 0.3) is 0 Å². The van der Waals surface area contributed by atoms with Gasteiger partial charge in [-0.3, -0.25) is 4.98 Å². The summed E-state index contributed by atoms with van der Waals surface area (Å²) in [6, 6.07) is 4.54. The monoisotopic (exact) mass is 275 g/mol. The van der Waals surface area contributed by atoms with E-state index in [0.29, 0.717) is 0 Å². The molecule has 2 atom stereocenters. The molecule has 2 heterocycles. The lowest BCUT2D eigenvalue weighted by Gasteiger charge is -2.31. The first-order valence-electron chi connectivity index (χ1n) is 7.69. The molecular weight excluding hydrogens is 250 g/mol. The highest BCUT2D eigenvalue weighted by atomic mass is 16.2. The van der Waals surface area contributed by atoms with Crippen LogP contribution >= 0.6 is 0 Å². The average Bonchev–Trinajstić information content (AvgIpc) is 2.73. The second-order valence-corrected chi connectivity index (χ2v) is 5.60. The molecule has 1 aromatic rings. The molecule has 1 saturated heterocycles. The third-order valence-corrected chi connectivity index (χ3v) is 4.09. The van der Waals surface area contributed by atoms with Crippen LogP contribution in [0, 0.1) is 0 Å². The van der Waals surface area contributed by atoms with Gasteiger partial charge in [-0.2, -0.15) is 0 Å². The Kier molecular flexibility index (Phi) is 5.39. The number of nitrogens with one attached hydrogen (secondary N) is 1. The number of likely N-dealkylation sites (tertiary alicyclic amines) is 1. The number of nitrogens with zero attached hydrogens (tertiary/aromatic N) is 2. The van der Waals surface area contributed by atoms with Gasteiger partial charge in [-0.05, 0) is 43.9 Å². The van der Waals surface area contributed by atoms with E-state index in [1.165, 1.54) is 18.4 Å². The molecule has 20 heavy (non-hydrogen) atoms. The maximum atomic E-state index is 12.5. The van der Waals surface area contributed by atoms with Crippen LogP contribution in [0.15, 0.2) is 24.5 Å². The molecule has 1 N–H and O–H groups in total. The Morgan fingerprint density at radius 2 is 2.15 bits per heavy atom. The number of rotatable bonds is 3. The van der Waals surface area contributed by atoms with Crippen LogP contribution in [-0.2, 0) is 0 Å². The lowest BCUT2D eigenvalue weighted by Crippen LogP contribution is -2.45. The third kappa shape index (κ3) is 3.71. The van der Waals surface area contributed by atoms with E-state index in [4.69, 9.17) is 0 Å². The summed E-state index contributed by atoms with van der Waals surface area (Å²) < 4.78 is 0. The molecule has 0 aromatic carbocycles. The fraction of sp³-hybridized carbons (Fsp3) is 0.625. The van der Waals surface area contributed by atoms with Gasteiger partial charge < -0.3 is 10.2 Å². The summed E-state index contributed by atoms with van der Waals surface area (Å²) in [5.41, 5.74) is 1.20. The first kappa shape index (κ1) is 14.8. The third-order valence-electron chi connectivity index (χ3n) is 4.09. The van der Waals surface area contributed by atoms with Gasteiger partial charge in [0.1, 0.15) is 0 Å². The van der Waals surface area contributed by atoms with Crippen LogP contribution in [0.2, 0.25) is 0 Å². The van der Waals surface area contributed by atoms with Crippen LogP contribution in [0.3, 0.4) is 0 Å². The largest absolute Gasteiger partial charge is 0.336 e. The molecule has 1 aromatic heterocycles. The van der Waals surface area contributed by atoms with Crippen LogP contribution in [-0.4, -0.2) is 28.5 Å². The SMILES string of the molecule is CCC(C)NC(=O)N1CCCCCC1c1ccncc1. The van der Waals surface area contributed by atoms with Crippen molar-refractivity contribution in [3.05, 3.63) is 30.1 Å². The zero-order valence-corrected chi connectivity index (χ0v) is 12.5. The van der Waals surface area contributed by atoms with Crippen molar-refractivity contribution in [3.63, 3.8) is 0 Å². The van der Waals surface area contributed by atoms with E-state index in [0.717, 1.165) is 25.8 Å². The van der Waals surface area contributed by atoms with E-state index in [2.05, 4.69) is 24.1 Å². The second-order valence-electron chi connectivity index (χ2n) is 5.60. The number of hydrogen-bond donors (Lipinski definition) is 1. The highest BCUT2D eigenvalue weighted by Crippen LogP contribution is 2.29. The van der Waals surface area contributed by atoms with E-state index in [9.17, 15) is 4.79 Å². The lowest BCUT2D eigenvalue weighted by atomic mass is 10.0. The Bertz CT molecular complexity index is 421. The van der Waals surface area contributed by atoms with Gasteiger partial charge in [0, 0.05) is 25.0 Å². The Labute approximate surface area is 121 Å². The van der Waals surface area contributed by atoms with Crippen molar-refractivity contribution in [2.45, 2.75) is 58.0 Å². The molecule has 4 nitrogen and oxygen atoms in total. The molecule has 2 rings (SSSR count). The smallest absolute Gasteiger partial charge is 0.318 e. The van der Waals surface area contributed by atoms with Gasteiger partial charge in [-0.1, -0.05) is 19.8 Å². The standard InChI is InChI=1S/C16H25N3O/c1-3-13(2)18-16(20)19-12-6-4-5-7-15(19)14-8-10-17-11-9-14/h8-11,13,15H,3-7,12H2,1-2H3,(H,18,20). The molecule has 0 saturated carbocycles. The normalized spacial score (nSPS) is 21.1. The molecule has 0 aliphatic carbocycles. The van der Waals surface area contributed by atoms with Crippen molar-refractivity contribution >= 4 is 6.03 Å². The molecule has 2 amide bonds. The molecule has 1 aliphatic heterocycles. The highest BCUT2D eigenvalue weighted by molar-refractivity contribution is 5.75. The Morgan fingerprint density at radius 3 is 2.85 bits per heavy atom. The van der Waals surface area contributed by atoms with E-state index in [1.807, 2.05) is 29.4 Å². The van der Waals surface area contributed by atoms with Gasteiger partial charge in [-0.15, -0.1) is 0 Å². The molecular formula is C16H25N3O. The fourth-order valence-corrected chi connectivity index (χ4v) is 2.68. The summed E-state index contributed by atoms with van der Waals surface area (Å²) >= 11 is 0. The number of amides is 2. The van der Waals surface area contributed by atoms with Gasteiger partial charge >= 0.3 is 6.03 Å². The van der Waals surface area contributed by atoms with Crippen molar-refractivity contribution in [2.75, 3.05) is 6.54 Å². The predicted octanol–water partition coefficient (Wildman–Crippen LogP) is 3.51. The van der Waals surface area contributed by atoms with Crippen molar-refractivity contribution in [1.82, 2.24) is 15.2 Å². The maximum absolute atomic E-state index is 12.5. The minimum atomic E-state index is 0.0723. The molecule has 110 valence electrons. The Morgan fingerprint density at radius 1 is 1.40 bits per heavy atom. The quantitative estimate of drug-likeness (QED) is 0.917. The molecule has 4 heteroatoms. The van der Waals surface area contributed by atoms with Crippen LogP contribution in [0.1, 0.15) is 57.6 Å². The van der Waals surface area contributed by atoms with Crippen molar-refractivity contribution < 1.29 is 4.79 Å². The summed E-state index contributed by atoms with van der Waals surface area (Å²) in [5, 5.41) is 3.10. The molecule has 0 bridgehead atoms. The fourth-order valence-electron chi connectivity index (χ4n) is 2.68. The molecule has 2 unspecified atom stereocenters. The van der Waals surface area contributed by atoms with Crippen LogP contribution < -0.4 is 5.32 Å². The zero-order chi connectivity index (χ0) is 14.4. The molecule has 0 radical (unpaired) electrons. The summed E-state index contributed by atoms with van der Waals surface area (Å²) in [7, 11) is 0. The first-order chi connectivity index (χ1) is 9.72. The summed E-state index contributed by atoms with van der Waals surface area (Å²) in [6.07, 6.45) is 9.09. The van der Waals surface area contributed by atoms with Gasteiger partial charge in [0.2, 0.25) is 0 Å². The van der Waals surface area contributed by atoms with E-state index >= 15 is 0 Å². The summed E-state index contributed by atoms with van der Waals surface area (Å²) in [6.45, 7) is 4.99. The van der Waals surface area contributed by atoms with Crippen molar-refractivity contribution in [2.24, 2.45) is 0 Å². The topological polar surface area (TPSA) is 45.2 Å². The minimum absolute atomic E-state index is 0.0723. The van der Waals surface area contributed by atoms with E-state index in [-0.39, 0.29) is 18.1 Å². The van der Waals surface area contributed by atoms with Gasteiger partial charge in [0.15, 0.2) is 0 Å². The van der Waals surface area contributed by atoms with Gasteiger partial charge in [0.25, 0.3) is 0 Å². The van der Waals surface area contributed by atoms with E-state index in [1.54, 1.807) is 0 Å². The number of hydrogen-bond acceptors (Lipinski definition) is 2. The Hall–Kier alpha value is -1.58. The van der Waals surface area contributed by atoms with Crippen molar-refractivity contribution in [3.8, 4) is 0 Å². The molecule has 1 fully saturated rings. The van der Waals surface area contributed by atoms with Gasteiger partial charge in [0.05, 0.1) is 6.04 Å². The first-order valence-corrected chi connectivity index (χ1v) is 7.69. The number of carbonyl (C=O) groups is 1. The predicted molar refractivity (Wildman–Crippen MR) is 80.4 cm³/mol. The number of pyridine rings is 1. The zero-order valence-electron chi connectivity index (χ0n) is 12.5. The van der Waals surface area contributed by atoms with Crippen LogP contribution in [0.4, 0.5) is 4.79 Å². The lowest BCUT2D eigenvalue weighted by molar-refractivity contribution is 0.172. The average molecular weight is 275 g/mol. The summed E-state index contributed by atoms with van der Waals surface area (Å²) in [5.74, 6) is 0. The highest BCUT2D eigenvalue weighted by Gasteiger charge is 2.27. The van der Waals surface area contributed by atoms with Crippen LogP contribution in [0.5, 0.6) is 0 Å². The number of carbonyl (C=O) groups excluding carboxylic acids is 1. The second kappa shape index (κ2) is 7.27. The number of aromatic nitrogens is 1. The molecule has 0 spiro atoms. The molecule has 1 aliphatic rings. The number of urea groups is 1. The minimum Gasteiger partial charge on any atom is -0.336 e. The maximum Gasteiger partial charge on any atom is 0.318 e.